The van der Waals surface area contributed by atoms with Crippen LogP contribution in [0.5, 0.6) is 5.75 Å². The second kappa shape index (κ2) is 6.19. The molecule has 1 heterocycles. The third-order valence-corrected chi connectivity index (χ3v) is 3.22. The number of benzene rings is 1. The molecule has 0 fully saturated rings. The van der Waals surface area contributed by atoms with E-state index in [-0.39, 0.29) is 11.6 Å². The van der Waals surface area contributed by atoms with Gasteiger partial charge in [-0.15, -0.1) is 0 Å². The molecule has 0 saturated heterocycles. The monoisotopic (exact) mass is 296 g/mol. The maximum atomic E-state index is 14.0. The van der Waals surface area contributed by atoms with Gasteiger partial charge in [0, 0.05) is 11.6 Å². The Kier molecular flexibility index (Phi) is 4.54. The van der Waals surface area contributed by atoms with Crippen LogP contribution in [0.1, 0.15) is 37.2 Å². The average molecular weight is 296 g/mol. The summed E-state index contributed by atoms with van der Waals surface area (Å²) >= 11 is 0. The molecule has 1 aromatic heterocycles. The second-order valence-corrected chi connectivity index (χ2v) is 4.90. The van der Waals surface area contributed by atoms with Gasteiger partial charge in [0.15, 0.2) is 5.75 Å². The van der Waals surface area contributed by atoms with E-state index in [2.05, 4.69) is 10.5 Å². The Morgan fingerprint density at radius 3 is 2.62 bits per heavy atom. The predicted molar refractivity (Wildman–Crippen MR) is 74.7 cm³/mol. The number of nitrogens with two attached hydrogens (primary N) is 1. The molecule has 0 saturated carbocycles. The molecule has 5 nitrogen and oxygen atoms in total. The first-order valence-electron chi connectivity index (χ1n) is 6.52. The summed E-state index contributed by atoms with van der Waals surface area (Å²) in [5.41, 5.74) is 3.15. The van der Waals surface area contributed by atoms with Crippen molar-refractivity contribution in [3.63, 3.8) is 0 Å². The summed E-state index contributed by atoms with van der Waals surface area (Å²) in [5, 5.41) is 4.21. The fourth-order valence-electron chi connectivity index (χ4n) is 2.25. The molecule has 0 bridgehead atoms. The molecule has 7 heteroatoms. The minimum absolute atomic E-state index is 0.0105. The van der Waals surface area contributed by atoms with Crippen LogP contribution < -0.4 is 16.0 Å². The van der Waals surface area contributed by atoms with E-state index in [0.717, 1.165) is 18.2 Å². The smallest absolute Gasteiger partial charge is 0.161 e. The number of rotatable bonds is 5. The van der Waals surface area contributed by atoms with Gasteiger partial charge in [0.1, 0.15) is 17.3 Å². The Labute approximate surface area is 121 Å². The molecule has 114 valence electrons. The Bertz CT molecular complexity index is 627. The first-order valence-corrected chi connectivity index (χ1v) is 6.52. The summed E-state index contributed by atoms with van der Waals surface area (Å²) in [7, 11) is 1.49. The molecule has 0 aliphatic rings. The zero-order chi connectivity index (χ0) is 15.6. The average Bonchev–Trinajstić information content (AvgIpc) is 2.87. The number of nitrogens with zero attached hydrogens (tertiary/aromatic N) is 2. The Hall–Kier alpha value is -1.99. The van der Waals surface area contributed by atoms with Crippen molar-refractivity contribution < 1.29 is 13.5 Å². The van der Waals surface area contributed by atoms with Crippen molar-refractivity contribution in [3.8, 4) is 5.75 Å². The Balaban J connectivity index is 2.61. The van der Waals surface area contributed by atoms with Crippen molar-refractivity contribution in [2.45, 2.75) is 25.9 Å². The van der Waals surface area contributed by atoms with Crippen LogP contribution in [0.4, 0.5) is 8.78 Å². The van der Waals surface area contributed by atoms with Gasteiger partial charge in [0.05, 0.1) is 19.3 Å². The molecule has 0 amide bonds. The fourth-order valence-corrected chi connectivity index (χ4v) is 2.25. The van der Waals surface area contributed by atoms with Gasteiger partial charge in [0.25, 0.3) is 0 Å². The van der Waals surface area contributed by atoms with Crippen molar-refractivity contribution in [1.29, 1.82) is 0 Å². The van der Waals surface area contributed by atoms with Gasteiger partial charge in [-0.2, -0.15) is 5.10 Å². The number of hydrazine groups is 1. The summed E-state index contributed by atoms with van der Waals surface area (Å²) < 4.78 is 34.4. The molecule has 3 N–H and O–H groups in total. The summed E-state index contributed by atoms with van der Waals surface area (Å²) in [6, 6.07) is 2.47. The molecule has 21 heavy (non-hydrogen) atoms. The van der Waals surface area contributed by atoms with Crippen LogP contribution in [0.2, 0.25) is 0 Å². The van der Waals surface area contributed by atoms with E-state index < -0.39 is 17.7 Å². The van der Waals surface area contributed by atoms with E-state index in [9.17, 15) is 8.78 Å². The van der Waals surface area contributed by atoms with E-state index >= 15 is 0 Å². The van der Waals surface area contributed by atoms with Gasteiger partial charge >= 0.3 is 0 Å². The van der Waals surface area contributed by atoms with Crippen LogP contribution in [0, 0.1) is 11.6 Å². The normalized spacial score (nSPS) is 12.7. The van der Waals surface area contributed by atoms with Crippen LogP contribution in [0.3, 0.4) is 0 Å². The van der Waals surface area contributed by atoms with Crippen molar-refractivity contribution in [1.82, 2.24) is 15.2 Å². The highest BCUT2D eigenvalue weighted by Gasteiger charge is 2.26. The molecule has 0 aliphatic carbocycles. The van der Waals surface area contributed by atoms with Crippen LogP contribution in [0.15, 0.2) is 24.4 Å². The van der Waals surface area contributed by atoms with Gasteiger partial charge in [-0.3, -0.25) is 10.5 Å². The second-order valence-electron chi connectivity index (χ2n) is 4.90. The van der Waals surface area contributed by atoms with E-state index in [1.54, 1.807) is 4.68 Å². The molecule has 2 rings (SSSR count). The molecule has 0 radical (unpaired) electrons. The van der Waals surface area contributed by atoms with Crippen LogP contribution in [-0.4, -0.2) is 16.9 Å². The quantitative estimate of drug-likeness (QED) is 0.656. The van der Waals surface area contributed by atoms with Gasteiger partial charge in [-0.05, 0) is 32.0 Å². The minimum atomic E-state index is -0.777. The Morgan fingerprint density at radius 1 is 1.33 bits per heavy atom. The molecule has 2 aromatic rings. The lowest BCUT2D eigenvalue weighted by molar-refractivity contribution is 0.392. The third-order valence-electron chi connectivity index (χ3n) is 3.22. The number of hydrogen-bond acceptors (Lipinski definition) is 4. The lowest BCUT2D eigenvalue weighted by Gasteiger charge is -2.21. The standard InChI is InChI=1S/C14H18F2N4O/c1-8(2)20-14(12(21-3)7-18-20)13(19-17)10-6-9(15)4-5-11(10)16/h4-8,13,19H,17H2,1-3H3. The van der Waals surface area contributed by atoms with E-state index in [0.29, 0.717) is 11.4 Å². The zero-order valence-corrected chi connectivity index (χ0v) is 12.1. The van der Waals surface area contributed by atoms with Gasteiger partial charge in [-0.25, -0.2) is 14.2 Å². The first-order chi connectivity index (χ1) is 9.99. The molecule has 1 atom stereocenters. The maximum absolute atomic E-state index is 14.0. The molecule has 0 spiro atoms. The SMILES string of the molecule is COc1cnn(C(C)C)c1C(NN)c1cc(F)ccc1F. The first kappa shape index (κ1) is 15.4. The van der Waals surface area contributed by atoms with Gasteiger partial charge < -0.3 is 4.74 Å². The molecular formula is C14H18F2N4O. The molecule has 1 aromatic carbocycles. The predicted octanol–water partition coefficient (Wildman–Crippen LogP) is 2.30. The van der Waals surface area contributed by atoms with Crippen LogP contribution in [-0.2, 0) is 0 Å². The van der Waals surface area contributed by atoms with Crippen molar-refractivity contribution in [2.24, 2.45) is 5.84 Å². The fraction of sp³-hybridized carbons (Fsp3) is 0.357. The van der Waals surface area contributed by atoms with E-state index in [4.69, 9.17) is 10.6 Å². The molecular weight excluding hydrogens is 278 g/mol. The number of nitrogens with one attached hydrogen (secondary N) is 1. The number of halogens is 2. The number of aromatic nitrogens is 2. The molecule has 0 aliphatic heterocycles. The zero-order valence-electron chi connectivity index (χ0n) is 12.1. The maximum Gasteiger partial charge on any atom is 0.161 e. The summed E-state index contributed by atoms with van der Waals surface area (Å²) in [5.74, 6) is 4.93. The Morgan fingerprint density at radius 2 is 2.05 bits per heavy atom. The lowest BCUT2D eigenvalue weighted by Crippen LogP contribution is -2.32. The van der Waals surface area contributed by atoms with Gasteiger partial charge in [0.2, 0.25) is 0 Å². The molecule has 1 unspecified atom stereocenters. The number of methoxy groups -OCH3 is 1. The topological polar surface area (TPSA) is 65.1 Å². The lowest BCUT2D eigenvalue weighted by atomic mass is 10.0. The van der Waals surface area contributed by atoms with E-state index in [1.165, 1.54) is 13.3 Å². The van der Waals surface area contributed by atoms with Crippen molar-refractivity contribution >= 4 is 0 Å². The third kappa shape index (κ3) is 2.88. The highest BCUT2D eigenvalue weighted by Crippen LogP contribution is 2.32. The van der Waals surface area contributed by atoms with Crippen molar-refractivity contribution in [2.75, 3.05) is 7.11 Å². The highest BCUT2D eigenvalue weighted by molar-refractivity contribution is 5.37. The largest absolute Gasteiger partial charge is 0.493 e. The van der Waals surface area contributed by atoms with Crippen molar-refractivity contribution in [3.05, 3.63) is 47.3 Å². The van der Waals surface area contributed by atoms with Gasteiger partial charge in [-0.1, -0.05) is 0 Å². The minimum Gasteiger partial charge on any atom is -0.493 e. The highest BCUT2D eigenvalue weighted by atomic mass is 19.1. The summed E-state index contributed by atoms with van der Waals surface area (Å²) in [6.07, 6.45) is 1.52. The number of ether oxygens (including phenoxy) is 1. The van der Waals surface area contributed by atoms with Crippen LogP contribution in [0.25, 0.3) is 0 Å². The summed E-state index contributed by atoms with van der Waals surface area (Å²) in [6.45, 7) is 3.84. The summed E-state index contributed by atoms with van der Waals surface area (Å²) in [4.78, 5) is 0. The number of hydrogen-bond donors (Lipinski definition) is 2. The van der Waals surface area contributed by atoms with E-state index in [1.807, 2.05) is 13.8 Å². The van der Waals surface area contributed by atoms with Crippen LogP contribution >= 0.6 is 0 Å².